The maximum atomic E-state index is 13.1. The van der Waals surface area contributed by atoms with Gasteiger partial charge < -0.3 is 4.84 Å². The molecule has 0 heterocycles. The molecule has 38 heavy (non-hydrogen) atoms. The van der Waals surface area contributed by atoms with Gasteiger partial charge in [-0.1, -0.05) is 115 Å². The third kappa shape index (κ3) is 8.73. The molecule has 3 rings (SSSR count). The summed E-state index contributed by atoms with van der Waals surface area (Å²) in [5.74, 6) is 4.07. The molecule has 194 valence electrons. The first kappa shape index (κ1) is 28.4. The molecule has 0 radical (unpaired) electrons. The maximum absolute atomic E-state index is 13.1. The molecule has 0 aromatic heterocycles. The number of allylic oxidation sites excluding steroid dienone is 2. The van der Waals surface area contributed by atoms with Gasteiger partial charge in [0.15, 0.2) is 0 Å². The molecule has 1 unspecified atom stereocenters. The molecule has 0 fully saturated rings. The lowest BCUT2D eigenvalue weighted by Crippen LogP contribution is -2.29. The number of carbonyl (C=O) groups is 2. The Bertz CT molecular complexity index is 1330. The van der Waals surface area contributed by atoms with Crippen LogP contribution in [0.1, 0.15) is 29.2 Å². The molecule has 0 saturated carbocycles. The second-order valence-corrected chi connectivity index (χ2v) is 9.63. The van der Waals surface area contributed by atoms with Crippen LogP contribution >= 0.6 is 11.8 Å². The number of hydrogen-bond acceptors (Lipinski definition) is 5. The molecule has 0 bridgehead atoms. The van der Waals surface area contributed by atoms with E-state index < -0.39 is 12.0 Å². The summed E-state index contributed by atoms with van der Waals surface area (Å²) in [7, 11) is 0. The van der Waals surface area contributed by atoms with Gasteiger partial charge in [-0.2, -0.15) is 5.90 Å². The number of amides is 2. The van der Waals surface area contributed by atoms with E-state index in [4.69, 9.17) is 5.90 Å². The van der Waals surface area contributed by atoms with Gasteiger partial charge >= 0.3 is 6.09 Å². The first-order valence-electron chi connectivity index (χ1n) is 12.1. The standard InChI is InChI=1S/C31H31N3O3S/c1-4-29(26-13-9-6-10-14-26)38-23(3)27(19-25-17-15-22(2)16-18-25)21-33-30(35)28(34-31(36)37-32)20-24-11-7-5-8-12-24/h4-18,20-21,27H,3,19,32H2,1-2H3,(H,34,36)/b28-20-,29-4-,33-21?. The van der Waals surface area contributed by atoms with Crippen molar-refractivity contribution in [3.05, 3.63) is 130 Å². The second kappa shape index (κ2) is 14.5. The molecule has 7 heteroatoms. The molecular weight excluding hydrogens is 494 g/mol. The van der Waals surface area contributed by atoms with Crippen LogP contribution < -0.4 is 11.2 Å². The smallest absolute Gasteiger partial charge is 0.357 e. The Labute approximate surface area is 228 Å². The Morgan fingerprint density at radius 3 is 2.26 bits per heavy atom. The van der Waals surface area contributed by atoms with E-state index in [1.807, 2.05) is 68.5 Å². The summed E-state index contributed by atoms with van der Waals surface area (Å²) in [5, 5.41) is 2.36. The average molecular weight is 526 g/mol. The lowest BCUT2D eigenvalue weighted by atomic mass is 9.99. The van der Waals surface area contributed by atoms with E-state index in [1.165, 1.54) is 6.08 Å². The minimum Gasteiger partial charge on any atom is -0.357 e. The molecule has 3 N–H and O–H groups in total. The Morgan fingerprint density at radius 2 is 1.66 bits per heavy atom. The average Bonchev–Trinajstić information content (AvgIpc) is 2.95. The van der Waals surface area contributed by atoms with E-state index in [2.05, 4.69) is 46.0 Å². The van der Waals surface area contributed by atoms with Gasteiger partial charge in [0.2, 0.25) is 0 Å². The number of hydrogen-bond donors (Lipinski definition) is 2. The van der Waals surface area contributed by atoms with E-state index in [-0.39, 0.29) is 11.6 Å². The van der Waals surface area contributed by atoms with Gasteiger partial charge in [0, 0.05) is 17.0 Å². The second-order valence-electron chi connectivity index (χ2n) is 8.47. The van der Waals surface area contributed by atoms with E-state index >= 15 is 0 Å². The van der Waals surface area contributed by atoms with Crippen molar-refractivity contribution < 1.29 is 14.4 Å². The first-order valence-corrected chi connectivity index (χ1v) is 12.9. The minimum absolute atomic E-state index is 0.0614. The number of nitrogens with zero attached hydrogens (tertiary/aromatic N) is 1. The summed E-state index contributed by atoms with van der Waals surface area (Å²) in [4.78, 5) is 35.2. The molecule has 0 aliphatic carbocycles. The molecule has 6 nitrogen and oxygen atoms in total. The van der Waals surface area contributed by atoms with E-state index in [0.717, 1.165) is 26.5 Å². The fraction of sp³-hybridized carbons (Fsp3) is 0.129. The number of nitrogens with two attached hydrogens (primary N) is 1. The molecule has 3 aromatic rings. The molecule has 0 aliphatic rings. The summed E-state index contributed by atoms with van der Waals surface area (Å²) in [6.07, 6.45) is 4.78. The number of thioether (sulfide) groups is 1. The third-order valence-corrected chi connectivity index (χ3v) is 6.86. The normalized spacial score (nSPS) is 12.7. The minimum atomic E-state index is -0.965. The summed E-state index contributed by atoms with van der Waals surface area (Å²) in [5.41, 5.74) is 3.98. The molecule has 3 aromatic carbocycles. The predicted molar refractivity (Wildman–Crippen MR) is 157 cm³/mol. The molecule has 1 atom stereocenters. The zero-order valence-corrected chi connectivity index (χ0v) is 22.3. The van der Waals surface area contributed by atoms with Crippen LogP contribution in [-0.4, -0.2) is 18.2 Å². The van der Waals surface area contributed by atoms with Gasteiger partial charge in [0.25, 0.3) is 5.91 Å². The number of nitrogens with one attached hydrogen (secondary N) is 1. The van der Waals surface area contributed by atoms with Gasteiger partial charge in [0.1, 0.15) is 5.70 Å². The van der Waals surface area contributed by atoms with Crippen molar-refractivity contribution in [2.24, 2.45) is 16.8 Å². The van der Waals surface area contributed by atoms with E-state index in [1.54, 1.807) is 30.1 Å². The first-order chi connectivity index (χ1) is 18.4. The Morgan fingerprint density at radius 1 is 1.03 bits per heavy atom. The van der Waals surface area contributed by atoms with Crippen LogP contribution in [0.25, 0.3) is 11.0 Å². The monoisotopic (exact) mass is 525 g/mol. The fourth-order valence-corrected chi connectivity index (χ4v) is 4.52. The summed E-state index contributed by atoms with van der Waals surface area (Å²) in [6.45, 7) is 8.35. The van der Waals surface area contributed by atoms with E-state index in [0.29, 0.717) is 12.0 Å². The van der Waals surface area contributed by atoms with Gasteiger partial charge in [-0.3, -0.25) is 10.1 Å². The largest absolute Gasteiger partial charge is 0.430 e. The van der Waals surface area contributed by atoms with Gasteiger partial charge in [-0.15, -0.1) is 0 Å². The molecule has 2 amide bonds. The fourth-order valence-electron chi connectivity index (χ4n) is 3.57. The van der Waals surface area contributed by atoms with E-state index in [9.17, 15) is 9.59 Å². The molecular formula is C31H31N3O3S. The lowest BCUT2D eigenvalue weighted by Gasteiger charge is -2.17. The number of aryl methyl sites for hydroxylation is 1. The highest BCUT2D eigenvalue weighted by Crippen LogP contribution is 2.37. The van der Waals surface area contributed by atoms with Crippen molar-refractivity contribution in [1.82, 2.24) is 5.32 Å². The van der Waals surface area contributed by atoms with Crippen LogP contribution in [0.4, 0.5) is 4.79 Å². The van der Waals surface area contributed by atoms with Gasteiger partial charge in [0.05, 0.1) is 0 Å². The van der Waals surface area contributed by atoms with Crippen molar-refractivity contribution in [1.29, 1.82) is 0 Å². The van der Waals surface area contributed by atoms with Crippen LogP contribution in [0, 0.1) is 12.8 Å². The Hall–Kier alpha value is -4.20. The summed E-state index contributed by atoms with van der Waals surface area (Å²) >= 11 is 1.55. The van der Waals surface area contributed by atoms with Gasteiger partial charge in [-0.25, -0.2) is 9.79 Å². The number of aliphatic imine (C=N–C) groups is 1. The van der Waals surface area contributed by atoms with Crippen molar-refractivity contribution in [3.63, 3.8) is 0 Å². The quantitative estimate of drug-likeness (QED) is 0.175. The zero-order chi connectivity index (χ0) is 27.3. The number of carbonyl (C=O) groups excluding carboxylic acids is 2. The van der Waals surface area contributed by atoms with Crippen LogP contribution in [0.15, 0.2) is 113 Å². The summed E-state index contributed by atoms with van der Waals surface area (Å²) in [6, 6.07) is 27.4. The predicted octanol–water partition coefficient (Wildman–Crippen LogP) is 6.70. The highest BCUT2D eigenvalue weighted by atomic mass is 32.2. The summed E-state index contributed by atoms with van der Waals surface area (Å²) < 4.78 is 0. The zero-order valence-electron chi connectivity index (χ0n) is 21.5. The SMILES string of the molecule is C=C(S/C(=C\C)c1ccccc1)C(C=NC(=O)/C(=C/c1ccccc1)NC(=O)ON)Cc1ccc(C)cc1. The van der Waals surface area contributed by atoms with Crippen LogP contribution in [0.3, 0.4) is 0 Å². The van der Waals surface area contributed by atoms with Crippen molar-refractivity contribution >= 4 is 41.0 Å². The number of benzene rings is 3. The highest BCUT2D eigenvalue weighted by molar-refractivity contribution is 8.11. The van der Waals surface area contributed by atoms with Crippen LogP contribution in [0.5, 0.6) is 0 Å². The van der Waals surface area contributed by atoms with Gasteiger partial charge in [-0.05, 0) is 47.9 Å². The lowest BCUT2D eigenvalue weighted by molar-refractivity contribution is -0.114. The Balaban J connectivity index is 1.88. The highest BCUT2D eigenvalue weighted by Gasteiger charge is 2.18. The Kier molecular flexibility index (Phi) is 10.8. The molecule has 0 aliphatic heterocycles. The van der Waals surface area contributed by atoms with Crippen molar-refractivity contribution in [2.45, 2.75) is 20.3 Å². The van der Waals surface area contributed by atoms with Crippen LogP contribution in [-0.2, 0) is 16.1 Å². The van der Waals surface area contributed by atoms with Crippen LogP contribution in [0.2, 0.25) is 0 Å². The topological polar surface area (TPSA) is 93.8 Å². The molecule has 0 spiro atoms. The maximum Gasteiger partial charge on any atom is 0.430 e. The number of rotatable bonds is 10. The third-order valence-electron chi connectivity index (χ3n) is 5.61. The van der Waals surface area contributed by atoms with Crippen molar-refractivity contribution in [3.8, 4) is 0 Å². The van der Waals surface area contributed by atoms with Crippen molar-refractivity contribution in [2.75, 3.05) is 0 Å². The molecule has 0 saturated heterocycles.